The van der Waals surface area contributed by atoms with Crippen LogP contribution >= 0.6 is 0 Å². The van der Waals surface area contributed by atoms with Crippen LogP contribution in [0, 0.1) is 6.92 Å². The highest BCUT2D eigenvalue weighted by Crippen LogP contribution is 2.35. The van der Waals surface area contributed by atoms with Gasteiger partial charge in [0.25, 0.3) is 5.56 Å². The first-order valence-corrected chi connectivity index (χ1v) is 7.45. The molecule has 3 rings (SSSR count). The van der Waals surface area contributed by atoms with Crippen molar-refractivity contribution < 1.29 is 9.59 Å². The summed E-state index contributed by atoms with van der Waals surface area (Å²) in [7, 11) is 3.53. The number of aromatic nitrogens is 2. The van der Waals surface area contributed by atoms with Gasteiger partial charge in [-0.2, -0.15) is 0 Å². The zero-order valence-corrected chi connectivity index (χ0v) is 13.2. The molecule has 1 aliphatic heterocycles. The molecular formula is C14H16B2N4O3. The van der Waals surface area contributed by atoms with Crippen LogP contribution in [0.25, 0.3) is 10.9 Å². The number of nitrogens with one attached hydrogen (secondary N) is 1. The maximum atomic E-state index is 12.9. The molecule has 0 saturated carbocycles. The molecule has 0 spiro atoms. The number of hydrogen-bond acceptors (Lipinski definition) is 5. The number of hydrogen-bond donors (Lipinski definition) is 2. The number of carbonyl (C=O) groups is 2. The van der Waals surface area contributed by atoms with Gasteiger partial charge in [-0.05, 0) is 24.9 Å². The number of nitrogen functional groups attached to an aromatic ring is 1. The molecule has 7 nitrogen and oxygen atoms in total. The number of piperidine rings is 1. The largest absolute Gasteiger partial charge is 0.398 e. The van der Waals surface area contributed by atoms with Crippen molar-refractivity contribution in [2.45, 2.75) is 24.6 Å². The second-order valence-corrected chi connectivity index (χ2v) is 6.02. The Bertz CT molecular complexity index is 895. The molecule has 1 aromatic heterocycles. The summed E-state index contributed by atoms with van der Waals surface area (Å²) in [6.07, 6.45) is 0. The molecule has 1 aromatic carbocycles. The minimum Gasteiger partial charge on any atom is -0.398 e. The standard InChI is InChI=1S/C14H16B2N4O3/c1-5-18-7-4-2-3-6(17)8(7)14(23)20(5)11-9(15)10(16)12(21)19-13(11)22/h2-4,9-11H,15-17H2,1H3,(H,19,21,22). The molecule has 1 aliphatic rings. The number of carbonyl (C=O) groups excluding carboxylic acids is 2. The molecule has 0 bridgehead atoms. The van der Waals surface area contributed by atoms with E-state index in [-0.39, 0.29) is 23.1 Å². The third kappa shape index (κ3) is 2.23. The lowest BCUT2D eigenvalue weighted by molar-refractivity contribution is -0.135. The summed E-state index contributed by atoms with van der Waals surface area (Å²) < 4.78 is 1.35. The van der Waals surface area contributed by atoms with Crippen molar-refractivity contribution in [1.29, 1.82) is 0 Å². The summed E-state index contributed by atoms with van der Waals surface area (Å²) in [6, 6.07) is 4.28. The maximum Gasteiger partial charge on any atom is 0.264 e. The normalized spacial score (nSPS) is 24.7. The number of nitrogens with zero attached hydrogens (tertiary/aromatic N) is 2. The van der Waals surface area contributed by atoms with Gasteiger partial charge in [0.15, 0.2) is 0 Å². The Morgan fingerprint density at radius 3 is 2.61 bits per heavy atom. The summed E-state index contributed by atoms with van der Waals surface area (Å²) >= 11 is 0. The topological polar surface area (TPSA) is 107 Å². The molecule has 3 unspecified atom stereocenters. The molecule has 1 saturated heterocycles. The van der Waals surface area contributed by atoms with E-state index in [1.807, 2.05) is 0 Å². The predicted molar refractivity (Wildman–Crippen MR) is 91.9 cm³/mol. The zero-order chi connectivity index (χ0) is 16.9. The minimum atomic E-state index is -0.785. The van der Waals surface area contributed by atoms with Crippen molar-refractivity contribution in [2.24, 2.45) is 0 Å². The maximum absolute atomic E-state index is 12.9. The molecule has 3 N–H and O–H groups in total. The highest BCUT2D eigenvalue weighted by atomic mass is 16.2. The van der Waals surface area contributed by atoms with E-state index in [2.05, 4.69) is 10.3 Å². The Kier molecular flexibility index (Phi) is 3.50. The van der Waals surface area contributed by atoms with Gasteiger partial charge in [0.2, 0.25) is 11.8 Å². The average Bonchev–Trinajstić information content (AvgIpc) is 2.48. The quantitative estimate of drug-likeness (QED) is 0.372. The van der Waals surface area contributed by atoms with Crippen LogP contribution in [-0.2, 0) is 9.59 Å². The van der Waals surface area contributed by atoms with Gasteiger partial charge in [-0.25, -0.2) is 4.98 Å². The van der Waals surface area contributed by atoms with E-state index in [9.17, 15) is 14.4 Å². The van der Waals surface area contributed by atoms with Gasteiger partial charge in [-0.15, -0.1) is 0 Å². The third-order valence-corrected chi connectivity index (χ3v) is 4.63. The Hall–Kier alpha value is -2.57. The van der Waals surface area contributed by atoms with Gasteiger partial charge >= 0.3 is 0 Å². The number of imide groups is 1. The zero-order valence-electron chi connectivity index (χ0n) is 13.2. The van der Waals surface area contributed by atoms with Gasteiger partial charge in [-0.3, -0.25) is 24.3 Å². The molecule has 9 heteroatoms. The van der Waals surface area contributed by atoms with Crippen molar-refractivity contribution in [3.63, 3.8) is 0 Å². The first-order valence-electron chi connectivity index (χ1n) is 7.45. The number of fused-ring (bicyclic) bond motifs is 1. The Morgan fingerprint density at radius 2 is 1.91 bits per heavy atom. The Morgan fingerprint density at radius 1 is 1.22 bits per heavy atom. The fourth-order valence-corrected chi connectivity index (χ4v) is 3.12. The number of benzene rings is 1. The number of amides is 2. The molecule has 2 heterocycles. The molecule has 23 heavy (non-hydrogen) atoms. The number of aryl methyl sites for hydroxylation is 1. The fraction of sp³-hybridized carbons (Fsp3) is 0.286. The second-order valence-electron chi connectivity index (χ2n) is 6.02. The molecular weight excluding hydrogens is 294 g/mol. The summed E-state index contributed by atoms with van der Waals surface area (Å²) in [5.74, 6) is -1.09. The number of anilines is 1. The summed E-state index contributed by atoms with van der Waals surface area (Å²) in [4.78, 5) is 41.4. The lowest BCUT2D eigenvalue weighted by atomic mass is 9.61. The van der Waals surface area contributed by atoms with Crippen LogP contribution in [0.2, 0.25) is 11.6 Å². The van der Waals surface area contributed by atoms with Crippen molar-refractivity contribution >= 4 is 44.1 Å². The van der Waals surface area contributed by atoms with Crippen LogP contribution in [0.5, 0.6) is 0 Å². The SMILES string of the molecule is BC1C(=O)NC(=O)C(n2c(C)nc3cccc(N)c3c2=O)C1B. The second kappa shape index (κ2) is 5.26. The van der Waals surface area contributed by atoms with Gasteiger partial charge in [0.1, 0.15) is 27.6 Å². The van der Waals surface area contributed by atoms with E-state index in [0.717, 1.165) is 0 Å². The predicted octanol–water partition coefficient (Wildman–Crippen LogP) is -1.67. The van der Waals surface area contributed by atoms with Gasteiger partial charge < -0.3 is 5.73 Å². The lowest BCUT2D eigenvalue weighted by Crippen LogP contribution is -2.50. The van der Waals surface area contributed by atoms with Crippen molar-refractivity contribution in [3.05, 3.63) is 34.4 Å². The van der Waals surface area contributed by atoms with E-state index in [1.54, 1.807) is 40.8 Å². The lowest BCUT2D eigenvalue weighted by Gasteiger charge is -2.34. The average molecular weight is 310 g/mol. The summed E-state index contributed by atoms with van der Waals surface area (Å²) in [5, 5.41) is 2.62. The monoisotopic (exact) mass is 310 g/mol. The van der Waals surface area contributed by atoms with Crippen LogP contribution in [0.4, 0.5) is 5.69 Å². The van der Waals surface area contributed by atoms with E-state index < -0.39 is 11.9 Å². The van der Waals surface area contributed by atoms with E-state index in [0.29, 0.717) is 22.4 Å². The van der Waals surface area contributed by atoms with E-state index in [1.165, 1.54) is 4.57 Å². The van der Waals surface area contributed by atoms with Crippen LogP contribution in [-0.4, -0.2) is 37.1 Å². The van der Waals surface area contributed by atoms with Crippen molar-refractivity contribution in [3.8, 4) is 0 Å². The molecule has 0 radical (unpaired) electrons. The van der Waals surface area contributed by atoms with E-state index in [4.69, 9.17) is 5.73 Å². The van der Waals surface area contributed by atoms with Crippen LogP contribution in [0.1, 0.15) is 11.9 Å². The Balaban J connectivity index is 2.28. The van der Waals surface area contributed by atoms with Crippen molar-refractivity contribution in [2.75, 3.05) is 5.73 Å². The molecule has 116 valence electrons. The minimum absolute atomic E-state index is 0.294. The van der Waals surface area contributed by atoms with Gasteiger partial charge in [-0.1, -0.05) is 6.07 Å². The number of rotatable bonds is 1. The highest BCUT2D eigenvalue weighted by Gasteiger charge is 2.40. The fourth-order valence-electron chi connectivity index (χ4n) is 3.12. The van der Waals surface area contributed by atoms with Crippen LogP contribution in [0.3, 0.4) is 0 Å². The smallest absolute Gasteiger partial charge is 0.264 e. The van der Waals surface area contributed by atoms with Crippen molar-refractivity contribution in [1.82, 2.24) is 14.9 Å². The number of nitrogens with two attached hydrogens (primary N) is 1. The molecule has 2 amide bonds. The van der Waals surface area contributed by atoms with Gasteiger partial charge in [0.05, 0.1) is 10.9 Å². The molecule has 2 aromatic rings. The van der Waals surface area contributed by atoms with Gasteiger partial charge in [0, 0.05) is 11.5 Å². The summed E-state index contributed by atoms with van der Waals surface area (Å²) in [5.41, 5.74) is 6.37. The highest BCUT2D eigenvalue weighted by molar-refractivity contribution is 6.34. The van der Waals surface area contributed by atoms with Crippen LogP contribution < -0.4 is 16.6 Å². The first kappa shape index (κ1) is 15.3. The molecule has 1 fully saturated rings. The first-order chi connectivity index (χ1) is 10.8. The molecule has 3 atom stereocenters. The van der Waals surface area contributed by atoms with Crippen LogP contribution in [0.15, 0.2) is 23.0 Å². The third-order valence-electron chi connectivity index (χ3n) is 4.63. The Labute approximate surface area is 134 Å². The summed E-state index contributed by atoms with van der Waals surface area (Å²) in [6.45, 7) is 1.67. The molecule has 0 aliphatic carbocycles. The van der Waals surface area contributed by atoms with E-state index >= 15 is 0 Å².